The molecule has 0 spiro atoms. The summed E-state index contributed by atoms with van der Waals surface area (Å²) >= 11 is 1.65. The van der Waals surface area contributed by atoms with Gasteiger partial charge in [0.15, 0.2) is 0 Å². The van der Waals surface area contributed by atoms with Gasteiger partial charge in [-0.3, -0.25) is 4.79 Å². The summed E-state index contributed by atoms with van der Waals surface area (Å²) in [6.45, 7) is 1.25. The van der Waals surface area contributed by atoms with E-state index in [1.807, 2.05) is 0 Å². The van der Waals surface area contributed by atoms with Crippen molar-refractivity contribution in [2.24, 2.45) is 0 Å². The highest BCUT2D eigenvalue weighted by molar-refractivity contribution is 7.14. The van der Waals surface area contributed by atoms with Crippen molar-refractivity contribution in [3.63, 3.8) is 0 Å². The highest BCUT2D eigenvalue weighted by Crippen LogP contribution is 2.30. The molecular weight excluding hydrogens is 272 g/mol. The largest absolute Gasteiger partial charge is 0.390 e. The molecule has 2 heterocycles. The van der Waals surface area contributed by atoms with Crippen LogP contribution < -0.4 is 5.32 Å². The van der Waals surface area contributed by atoms with E-state index in [9.17, 15) is 9.90 Å². The molecule has 0 radical (unpaired) electrons. The van der Waals surface area contributed by atoms with Gasteiger partial charge in [-0.2, -0.15) is 0 Å². The number of nitrogens with one attached hydrogen (secondary N) is 1. The van der Waals surface area contributed by atoms with Crippen molar-refractivity contribution in [2.75, 3.05) is 20.1 Å². The molecule has 1 saturated heterocycles. The summed E-state index contributed by atoms with van der Waals surface area (Å²) in [5.41, 5.74) is 1.37. The van der Waals surface area contributed by atoms with E-state index in [4.69, 9.17) is 0 Å². The molecule has 4 nitrogen and oxygen atoms in total. The zero-order valence-electron chi connectivity index (χ0n) is 11.9. The van der Waals surface area contributed by atoms with Crippen LogP contribution >= 0.6 is 11.3 Å². The second kappa shape index (κ2) is 5.84. The molecule has 20 heavy (non-hydrogen) atoms. The Labute approximate surface area is 123 Å². The van der Waals surface area contributed by atoms with E-state index in [1.165, 1.54) is 29.7 Å². The van der Waals surface area contributed by atoms with Gasteiger partial charge >= 0.3 is 0 Å². The number of rotatable bonds is 2. The van der Waals surface area contributed by atoms with Crippen LogP contribution in [0.3, 0.4) is 0 Å². The molecule has 0 saturated carbocycles. The molecule has 1 aromatic rings. The molecule has 110 valence electrons. The molecular formula is C15H22N2O2S. The minimum atomic E-state index is -0.457. The third-order valence-corrected chi connectivity index (χ3v) is 5.65. The van der Waals surface area contributed by atoms with Gasteiger partial charge < -0.3 is 15.3 Å². The predicted octanol–water partition coefficient (Wildman–Crippen LogP) is 1.42. The standard InChI is InChI=1S/C15H22N2O2S/c1-17(11-8-16-9-12(11)18)15(19)14-7-10-5-3-2-4-6-13(10)20-14/h7,11-12,16,18H,2-6,8-9H2,1H3/t11-,12-/m1/s1. The minimum absolute atomic E-state index is 0.0517. The van der Waals surface area contributed by atoms with Crippen LogP contribution in [0.1, 0.15) is 39.4 Å². The number of thiophene rings is 1. The molecule has 1 aliphatic carbocycles. The summed E-state index contributed by atoms with van der Waals surface area (Å²) in [5.74, 6) is 0.0517. The van der Waals surface area contributed by atoms with Crippen molar-refractivity contribution in [3.8, 4) is 0 Å². The lowest BCUT2D eigenvalue weighted by Crippen LogP contribution is -2.44. The van der Waals surface area contributed by atoms with Crippen molar-refractivity contribution < 1.29 is 9.90 Å². The summed E-state index contributed by atoms with van der Waals surface area (Å²) in [6, 6.07) is 1.98. The first-order valence-electron chi connectivity index (χ1n) is 7.44. The second-order valence-electron chi connectivity index (χ2n) is 5.83. The number of nitrogens with zero attached hydrogens (tertiary/aromatic N) is 1. The summed E-state index contributed by atoms with van der Waals surface area (Å²) in [6.07, 6.45) is 5.54. The van der Waals surface area contributed by atoms with Gasteiger partial charge in [-0.25, -0.2) is 0 Å². The number of carbonyl (C=O) groups excluding carboxylic acids is 1. The van der Waals surface area contributed by atoms with Crippen LogP contribution in [0.15, 0.2) is 6.07 Å². The fourth-order valence-electron chi connectivity index (χ4n) is 3.14. The number of β-amino-alcohol motifs (C(OH)–C–C–N with tert-alkyl or cyclic N) is 1. The Morgan fingerprint density at radius 3 is 2.90 bits per heavy atom. The number of hydrogen-bond acceptors (Lipinski definition) is 4. The molecule has 1 fully saturated rings. The van der Waals surface area contributed by atoms with E-state index in [0.29, 0.717) is 13.1 Å². The maximum Gasteiger partial charge on any atom is 0.264 e. The van der Waals surface area contributed by atoms with Crippen molar-refractivity contribution in [1.29, 1.82) is 0 Å². The van der Waals surface area contributed by atoms with Crippen LogP contribution in [0.2, 0.25) is 0 Å². The smallest absolute Gasteiger partial charge is 0.264 e. The summed E-state index contributed by atoms with van der Waals surface area (Å²) in [5, 5.41) is 13.0. The Hall–Kier alpha value is -0.910. The summed E-state index contributed by atoms with van der Waals surface area (Å²) in [7, 11) is 1.80. The first-order valence-corrected chi connectivity index (χ1v) is 8.26. The van der Waals surface area contributed by atoms with Crippen LogP contribution in [0, 0.1) is 0 Å². The van der Waals surface area contributed by atoms with Gasteiger partial charge in [0.2, 0.25) is 0 Å². The minimum Gasteiger partial charge on any atom is -0.390 e. The lowest BCUT2D eigenvalue weighted by atomic mass is 10.1. The lowest BCUT2D eigenvalue weighted by Gasteiger charge is -2.25. The molecule has 2 atom stereocenters. The first-order chi connectivity index (χ1) is 9.66. The van der Waals surface area contributed by atoms with Crippen molar-refractivity contribution in [3.05, 3.63) is 21.4 Å². The third-order valence-electron chi connectivity index (χ3n) is 4.43. The first kappa shape index (κ1) is 14.0. The van der Waals surface area contributed by atoms with Crippen LogP contribution in [0.5, 0.6) is 0 Å². The van der Waals surface area contributed by atoms with Crippen molar-refractivity contribution >= 4 is 17.2 Å². The number of amides is 1. The molecule has 2 N–H and O–H groups in total. The van der Waals surface area contributed by atoms with Gasteiger partial charge in [0.1, 0.15) is 0 Å². The van der Waals surface area contributed by atoms with Gasteiger partial charge in [-0.1, -0.05) is 6.42 Å². The van der Waals surface area contributed by atoms with Crippen LogP contribution in [-0.4, -0.2) is 48.2 Å². The van der Waals surface area contributed by atoms with E-state index in [2.05, 4.69) is 11.4 Å². The number of likely N-dealkylation sites (N-methyl/N-ethyl adjacent to an activating group) is 1. The Morgan fingerprint density at radius 1 is 1.35 bits per heavy atom. The fourth-order valence-corrected chi connectivity index (χ4v) is 4.38. The highest BCUT2D eigenvalue weighted by atomic mass is 32.1. The Kier molecular flexibility index (Phi) is 4.10. The normalized spacial score (nSPS) is 26.1. The molecule has 0 unspecified atom stereocenters. The van der Waals surface area contributed by atoms with Gasteiger partial charge in [-0.05, 0) is 37.3 Å². The fraction of sp³-hybridized carbons (Fsp3) is 0.667. The maximum atomic E-state index is 12.6. The molecule has 2 aliphatic rings. The van der Waals surface area contributed by atoms with Crippen molar-refractivity contribution in [2.45, 2.75) is 44.2 Å². The lowest BCUT2D eigenvalue weighted by molar-refractivity contribution is 0.0585. The van der Waals surface area contributed by atoms with E-state index in [-0.39, 0.29) is 11.9 Å². The Bertz CT molecular complexity index is 477. The predicted molar refractivity (Wildman–Crippen MR) is 80.3 cm³/mol. The molecule has 1 aromatic heterocycles. The zero-order valence-corrected chi connectivity index (χ0v) is 12.7. The van der Waals surface area contributed by atoms with Gasteiger partial charge in [0.05, 0.1) is 17.0 Å². The third kappa shape index (κ3) is 2.62. The van der Waals surface area contributed by atoms with E-state index >= 15 is 0 Å². The highest BCUT2D eigenvalue weighted by Gasteiger charge is 2.32. The van der Waals surface area contributed by atoms with Gasteiger partial charge in [-0.15, -0.1) is 11.3 Å². The van der Waals surface area contributed by atoms with E-state index in [1.54, 1.807) is 23.3 Å². The topological polar surface area (TPSA) is 52.6 Å². The maximum absolute atomic E-state index is 12.6. The van der Waals surface area contributed by atoms with Crippen LogP contribution in [-0.2, 0) is 12.8 Å². The number of aliphatic hydroxyl groups excluding tert-OH is 1. The van der Waals surface area contributed by atoms with Crippen molar-refractivity contribution in [1.82, 2.24) is 10.2 Å². The number of aliphatic hydroxyl groups is 1. The number of hydrogen-bond donors (Lipinski definition) is 2. The molecule has 0 aromatic carbocycles. The van der Waals surface area contributed by atoms with Gasteiger partial charge in [0, 0.05) is 25.0 Å². The zero-order chi connectivity index (χ0) is 14.1. The van der Waals surface area contributed by atoms with E-state index < -0.39 is 6.10 Å². The Balaban J connectivity index is 1.77. The second-order valence-corrected chi connectivity index (χ2v) is 6.97. The monoisotopic (exact) mass is 294 g/mol. The number of fused-ring (bicyclic) bond motifs is 1. The number of aryl methyl sites for hydroxylation is 2. The van der Waals surface area contributed by atoms with Crippen LogP contribution in [0.25, 0.3) is 0 Å². The molecule has 0 bridgehead atoms. The van der Waals surface area contributed by atoms with Crippen LogP contribution in [0.4, 0.5) is 0 Å². The molecule has 1 aliphatic heterocycles. The quantitative estimate of drug-likeness (QED) is 0.811. The average molecular weight is 294 g/mol. The molecule has 1 amide bonds. The SMILES string of the molecule is CN(C(=O)c1cc2c(s1)CCCCC2)[C@@H]1CNC[C@H]1O. The Morgan fingerprint density at radius 2 is 2.15 bits per heavy atom. The summed E-state index contributed by atoms with van der Waals surface area (Å²) in [4.78, 5) is 16.5. The molecule has 5 heteroatoms. The van der Waals surface area contributed by atoms with Gasteiger partial charge in [0.25, 0.3) is 5.91 Å². The molecule has 3 rings (SSSR count). The van der Waals surface area contributed by atoms with E-state index in [0.717, 1.165) is 17.7 Å². The number of carbonyl (C=O) groups is 1. The average Bonchev–Trinajstić information content (AvgIpc) is 2.98. The summed E-state index contributed by atoms with van der Waals surface area (Å²) < 4.78 is 0.